The van der Waals surface area contributed by atoms with E-state index in [0.717, 1.165) is 0 Å². The fraction of sp³-hybridized carbons (Fsp3) is 0.423. The number of nitrogens with zero attached hydrogens (tertiary/aromatic N) is 2. The molecule has 248 valence electrons. The number of aldehydes is 1. The second-order valence-corrected chi connectivity index (χ2v) is 16.1. The number of carbonyl (C=O) groups is 3. The number of likely N-dealkylation sites (N-methyl/N-ethyl adjacent to an activating group) is 1. The van der Waals surface area contributed by atoms with Crippen LogP contribution in [0.2, 0.25) is 0 Å². The number of halogens is 1. The Bertz CT molecular complexity index is 1650. The fourth-order valence-corrected chi connectivity index (χ4v) is 7.92. The van der Waals surface area contributed by atoms with Gasteiger partial charge in [-0.3, -0.25) is 24.6 Å². The maximum absolute atomic E-state index is 16.2. The van der Waals surface area contributed by atoms with Crippen molar-refractivity contribution in [3.05, 3.63) is 64.5 Å². The van der Waals surface area contributed by atoms with Crippen molar-refractivity contribution in [1.82, 2.24) is 15.1 Å². The predicted molar refractivity (Wildman–Crippen MR) is 215 cm³/mol. The van der Waals surface area contributed by atoms with Crippen molar-refractivity contribution in [2.75, 3.05) is 12.4 Å². The number of aliphatic hydroxyl groups is 3. The number of nitrogens with one attached hydrogen (secondary N) is 2. The van der Waals surface area contributed by atoms with E-state index in [1.807, 2.05) is 47.1 Å². The van der Waals surface area contributed by atoms with E-state index in [-0.39, 0.29) is 29.7 Å². The number of hydrogen-bond donors (Lipinski definition) is 5. The molecule has 2 heterocycles. The molecule has 2 unspecified atom stereocenters. The van der Waals surface area contributed by atoms with Crippen LogP contribution in [-0.2, 0) is 31.2 Å². The molecule has 0 spiro atoms. The summed E-state index contributed by atoms with van der Waals surface area (Å²) in [4.78, 5) is 40.2. The monoisotopic (exact) mass is 662 g/mol. The number of imide groups is 1. The zero-order valence-electron chi connectivity index (χ0n) is 30.8. The highest BCUT2D eigenvalue weighted by Gasteiger charge is 2.61. The summed E-state index contributed by atoms with van der Waals surface area (Å²) in [5.74, 6) is -4.95. The molecule has 4 rings (SSSR count). The van der Waals surface area contributed by atoms with Gasteiger partial charge in [-0.15, -0.1) is 0 Å². The minimum absolute atomic E-state index is 0.0101. The average Bonchev–Trinajstić information content (AvgIpc) is 2.94. The zero-order chi connectivity index (χ0) is 37.3. The Labute approximate surface area is 297 Å². The van der Waals surface area contributed by atoms with E-state index in [4.69, 9.17) is 4.74 Å². The summed E-state index contributed by atoms with van der Waals surface area (Å²) in [5.41, 5.74) is -2.12. The number of rotatable bonds is 9. The standard InChI is InChI=1S/C26H42B11FN4O7/c1-41(16-7-8-17(44)39-19(16)45)21(29,46)18-11(10-43)3-2-4-15(18)40-22(47,48)13-6-5-12(9-14(13)38)20(27,28)42-23(30,31)25(34,35)49-26(36,37)24(42,32)33/h2-6,9-10,16,40,46-48H,7-8,27-37H2,1H3,(H,39,44,45). The summed E-state index contributed by atoms with van der Waals surface area (Å²) in [5, 5.41) is 36.3. The molecule has 0 aromatic heterocycles. The van der Waals surface area contributed by atoms with Gasteiger partial charge in [0.1, 0.15) is 89.9 Å². The van der Waals surface area contributed by atoms with Gasteiger partial charge >= 0.3 is 0 Å². The molecule has 0 saturated carbocycles. The Morgan fingerprint density at radius 1 is 1.00 bits per heavy atom. The highest BCUT2D eigenvalue weighted by molar-refractivity contribution is 6.60. The Balaban J connectivity index is 1.74. The molecule has 2 aromatic carbocycles. The van der Waals surface area contributed by atoms with Crippen LogP contribution in [-0.4, -0.2) is 164 Å². The molecule has 5 N–H and O–H groups in total. The van der Waals surface area contributed by atoms with Gasteiger partial charge in [-0.05, 0) is 53.2 Å². The molecular formula is C26H42B11FN4O7. The van der Waals surface area contributed by atoms with Crippen LogP contribution in [0, 0.1) is 5.82 Å². The number of anilines is 1. The van der Waals surface area contributed by atoms with Gasteiger partial charge in [0.05, 0.1) is 11.6 Å². The van der Waals surface area contributed by atoms with E-state index in [2.05, 4.69) is 46.9 Å². The van der Waals surface area contributed by atoms with Crippen molar-refractivity contribution < 1.29 is 38.8 Å². The predicted octanol–water partition coefficient (Wildman–Crippen LogP) is -11.3. The Morgan fingerprint density at radius 3 is 2.08 bits per heavy atom. The first-order valence-electron chi connectivity index (χ1n) is 16.6. The van der Waals surface area contributed by atoms with Crippen LogP contribution in [0.25, 0.3) is 0 Å². The number of piperidine rings is 1. The summed E-state index contributed by atoms with van der Waals surface area (Å²) >= 11 is 0. The van der Waals surface area contributed by atoms with Gasteiger partial charge in [0.25, 0.3) is 5.91 Å². The largest absolute Gasteiger partial charge is 0.403 e. The molecule has 49 heavy (non-hydrogen) atoms. The van der Waals surface area contributed by atoms with Crippen LogP contribution in [0.4, 0.5) is 10.1 Å². The highest BCUT2D eigenvalue weighted by Crippen LogP contribution is 2.46. The van der Waals surface area contributed by atoms with E-state index in [0.29, 0.717) is 11.8 Å². The van der Waals surface area contributed by atoms with Crippen molar-refractivity contribution in [2.24, 2.45) is 0 Å². The molecule has 0 radical (unpaired) electrons. The van der Waals surface area contributed by atoms with Gasteiger partial charge in [0.15, 0.2) is 14.1 Å². The third-order valence-electron chi connectivity index (χ3n) is 11.6. The minimum Gasteiger partial charge on any atom is -0.403 e. The van der Waals surface area contributed by atoms with E-state index >= 15 is 4.39 Å². The number of benzene rings is 2. The molecule has 2 atom stereocenters. The van der Waals surface area contributed by atoms with Gasteiger partial charge in [0.2, 0.25) is 11.8 Å². The smallest absolute Gasteiger partial charge is 0.275 e. The summed E-state index contributed by atoms with van der Waals surface area (Å²) in [6.45, 7) is 0. The lowest BCUT2D eigenvalue weighted by atomic mass is 9.28. The van der Waals surface area contributed by atoms with Crippen molar-refractivity contribution >= 4 is 110 Å². The second-order valence-electron chi connectivity index (χ2n) is 16.1. The van der Waals surface area contributed by atoms with E-state index in [1.165, 1.54) is 50.1 Å². The minimum atomic E-state index is -3.01. The lowest BCUT2D eigenvalue weighted by Gasteiger charge is -2.72. The number of ether oxygens (including phenoxy) is 1. The summed E-state index contributed by atoms with van der Waals surface area (Å²) in [6.07, 6.45) is 0.656. The summed E-state index contributed by atoms with van der Waals surface area (Å²) in [7, 11) is 23.4. The Morgan fingerprint density at radius 2 is 1.57 bits per heavy atom. The van der Waals surface area contributed by atoms with E-state index in [1.54, 1.807) is 6.07 Å². The molecule has 2 saturated heterocycles. The molecule has 2 aliphatic rings. The van der Waals surface area contributed by atoms with Gasteiger partial charge in [-0.2, -0.15) is 0 Å². The average molecular weight is 661 g/mol. The molecule has 23 heteroatoms. The zero-order valence-corrected chi connectivity index (χ0v) is 30.8. The van der Waals surface area contributed by atoms with Gasteiger partial charge in [-0.1, -0.05) is 18.2 Å². The van der Waals surface area contributed by atoms with Crippen LogP contribution in [0.3, 0.4) is 0 Å². The quantitative estimate of drug-likeness (QED) is 0.0760. The van der Waals surface area contributed by atoms with Gasteiger partial charge < -0.3 is 30.3 Å². The number of carbonyl (C=O) groups excluding carboxylic acids is 3. The molecular weight excluding hydrogens is 618 g/mol. The number of hydrogen-bond acceptors (Lipinski definition) is 10. The van der Waals surface area contributed by atoms with E-state index in [9.17, 15) is 29.7 Å². The molecule has 2 aliphatic heterocycles. The molecule has 2 amide bonds. The van der Waals surface area contributed by atoms with Gasteiger partial charge in [-0.25, -0.2) is 4.39 Å². The van der Waals surface area contributed by atoms with Crippen LogP contribution >= 0.6 is 0 Å². The van der Waals surface area contributed by atoms with Crippen molar-refractivity contribution in [3.63, 3.8) is 0 Å². The maximum atomic E-state index is 16.2. The van der Waals surface area contributed by atoms with Crippen LogP contribution in [0.5, 0.6) is 0 Å². The number of amides is 2. The number of morpholine rings is 1. The summed E-state index contributed by atoms with van der Waals surface area (Å²) in [6, 6.07) is 7.59. The van der Waals surface area contributed by atoms with Crippen LogP contribution in [0.15, 0.2) is 36.4 Å². The van der Waals surface area contributed by atoms with Crippen LogP contribution in [0.1, 0.15) is 39.9 Å². The molecule has 2 fully saturated rings. The highest BCUT2D eigenvalue weighted by atomic mass is 19.1. The van der Waals surface area contributed by atoms with Crippen molar-refractivity contribution in [2.45, 2.75) is 57.2 Å². The molecule has 0 bridgehead atoms. The third-order valence-corrected chi connectivity index (χ3v) is 11.6. The SMILES string of the molecule is BC(B)(c1ccc(C(O)(O)Nc2cccc(C=O)c2C(B)(O)N(C)C2CCC(=O)NC2=O)c(F)c1)N1C(B)(B)C(B)(B)OC(B)(B)C1(B)B. The Hall–Kier alpha value is -2.55. The van der Waals surface area contributed by atoms with Crippen molar-refractivity contribution in [3.8, 4) is 0 Å². The topological polar surface area (TPSA) is 152 Å². The van der Waals surface area contributed by atoms with Crippen LogP contribution < -0.4 is 10.6 Å². The first-order chi connectivity index (χ1) is 22.2. The molecule has 0 aliphatic carbocycles. The van der Waals surface area contributed by atoms with E-state index < -0.39 is 67.6 Å². The first kappa shape index (κ1) is 39.2. The maximum Gasteiger partial charge on any atom is 0.275 e. The molecule has 11 nitrogen and oxygen atoms in total. The molecule has 2 aromatic rings. The normalized spacial score (nSPS) is 23.3. The lowest BCUT2D eigenvalue weighted by Crippen LogP contribution is -2.88. The Kier molecular flexibility index (Phi) is 10.1. The second kappa shape index (κ2) is 12.6. The summed E-state index contributed by atoms with van der Waals surface area (Å²) < 4.78 is 22.8. The fourth-order valence-electron chi connectivity index (χ4n) is 7.92. The lowest BCUT2D eigenvalue weighted by molar-refractivity contribution is -0.147. The van der Waals surface area contributed by atoms with Gasteiger partial charge in [0, 0.05) is 34.0 Å². The van der Waals surface area contributed by atoms with Crippen molar-refractivity contribution in [1.29, 1.82) is 0 Å². The first-order valence-corrected chi connectivity index (χ1v) is 16.6. The third kappa shape index (κ3) is 6.55.